The molecular formula is C14H22N4O3. The molecule has 7 nitrogen and oxygen atoms in total. The molecule has 0 spiro atoms. The number of amides is 1. The number of hydrogen-bond acceptors (Lipinski definition) is 5. The molecule has 1 aromatic carbocycles. The molecule has 0 aliphatic heterocycles. The van der Waals surface area contributed by atoms with Crippen molar-refractivity contribution >= 4 is 11.7 Å². The second-order valence-corrected chi connectivity index (χ2v) is 4.45. The van der Waals surface area contributed by atoms with Crippen LogP contribution in [0, 0.1) is 0 Å². The maximum atomic E-state index is 11.4. The first-order valence-corrected chi connectivity index (χ1v) is 6.70. The fourth-order valence-electron chi connectivity index (χ4n) is 1.67. The lowest BCUT2D eigenvalue weighted by Gasteiger charge is -2.07. The molecule has 1 rings (SSSR count). The Bertz CT molecular complexity index is 460. The van der Waals surface area contributed by atoms with Crippen molar-refractivity contribution in [2.24, 2.45) is 10.9 Å². The molecule has 0 saturated heterocycles. The summed E-state index contributed by atoms with van der Waals surface area (Å²) in [6.45, 7) is 2.30. The number of nitrogens with zero attached hydrogens (tertiary/aromatic N) is 1. The lowest BCUT2D eigenvalue weighted by Crippen LogP contribution is -2.29. The van der Waals surface area contributed by atoms with Crippen LogP contribution in [0.15, 0.2) is 29.4 Å². The Morgan fingerprint density at radius 1 is 1.33 bits per heavy atom. The first-order chi connectivity index (χ1) is 10.2. The van der Waals surface area contributed by atoms with Gasteiger partial charge in [-0.1, -0.05) is 29.4 Å². The summed E-state index contributed by atoms with van der Waals surface area (Å²) in [5.41, 5.74) is 7.21. The first-order valence-electron chi connectivity index (χ1n) is 6.70. The van der Waals surface area contributed by atoms with E-state index in [9.17, 15) is 4.79 Å². The Balaban J connectivity index is 2.22. The van der Waals surface area contributed by atoms with Crippen molar-refractivity contribution < 1.29 is 14.7 Å². The molecule has 21 heavy (non-hydrogen) atoms. The number of ether oxygens (including phenoxy) is 1. The third-order valence-corrected chi connectivity index (χ3v) is 2.84. The molecule has 1 aromatic rings. The van der Waals surface area contributed by atoms with Gasteiger partial charge in [0, 0.05) is 38.7 Å². The quantitative estimate of drug-likeness (QED) is 0.169. The van der Waals surface area contributed by atoms with Crippen LogP contribution in [-0.2, 0) is 16.1 Å². The van der Waals surface area contributed by atoms with Gasteiger partial charge in [0.05, 0.1) is 6.61 Å². The van der Waals surface area contributed by atoms with E-state index in [0.29, 0.717) is 38.2 Å². The lowest BCUT2D eigenvalue weighted by molar-refractivity contribution is -0.121. The van der Waals surface area contributed by atoms with Crippen LogP contribution in [0.25, 0.3) is 0 Å². The minimum atomic E-state index is 0.00169. The van der Waals surface area contributed by atoms with Crippen LogP contribution in [0.5, 0.6) is 0 Å². The molecule has 0 bridgehead atoms. The number of hydrogen-bond donors (Lipinski definition) is 4. The van der Waals surface area contributed by atoms with Crippen LogP contribution in [0.3, 0.4) is 0 Å². The second-order valence-electron chi connectivity index (χ2n) is 4.45. The molecule has 0 heterocycles. The molecule has 0 saturated carbocycles. The Hall–Kier alpha value is -2.12. The van der Waals surface area contributed by atoms with Crippen LogP contribution in [0.1, 0.15) is 17.5 Å². The lowest BCUT2D eigenvalue weighted by atomic mass is 10.1. The molecule has 0 aliphatic carbocycles. The van der Waals surface area contributed by atoms with E-state index in [4.69, 9.17) is 15.7 Å². The first kappa shape index (κ1) is 16.9. The zero-order valence-electron chi connectivity index (χ0n) is 12.1. The summed E-state index contributed by atoms with van der Waals surface area (Å²) >= 11 is 0. The molecule has 0 radical (unpaired) electrons. The SMILES string of the molecule is COCCNC(=O)CCNCc1ccc(/C(N)=N/O)cc1. The van der Waals surface area contributed by atoms with E-state index in [1.165, 1.54) is 0 Å². The summed E-state index contributed by atoms with van der Waals surface area (Å²) in [5, 5.41) is 17.4. The van der Waals surface area contributed by atoms with Crippen LogP contribution >= 0.6 is 0 Å². The molecular weight excluding hydrogens is 272 g/mol. The highest BCUT2D eigenvalue weighted by Crippen LogP contribution is 2.04. The molecule has 0 unspecified atom stereocenters. The van der Waals surface area contributed by atoms with Gasteiger partial charge in [0.15, 0.2) is 5.84 Å². The molecule has 0 atom stereocenters. The van der Waals surface area contributed by atoms with Crippen molar-refractivity contribution in [2.45, 2.75) is 13.0 Å². The smallest absolute Gasteiger partial charge is 0.221 e. The average molecular weight is 294 g/mol. The minimum Gasteiger partial charge on any atom is -0.409 e. The monoisotopic (exact) mass is 294 g/mol. The average Bonchev–Trinajstić information content (AvgIpc) is 2.51. The van der Waals surface area contributed by atoms with Gasteiger partial charge in [-0.25, -0.2) is 0 Å². The topological polar surface area (TPSA) is 109 Å². The number of nitrogens with two attached hydrogens (primary N) is 1. The highest BCUT2D eigenvalue weighted by molar-refractivity contribution is 5.96. The third kappa shape index (κ3) is 6.73. The molecule has 0 aromatic heterocycles. The Morgan fingerprint density at radius 3 is 2.67 bits per heavy atom. The second kappa shape index (κ2) is 9.73. The van der Waals surface area contributed by atoms with E-state index in [0.717, 1.165) is 5.56 Å². The number of rotatable bonds is 9. The highest BCUT2D eigenvalue weighted by atomic mass is 16.5. The minimum absolute atomic E-state index is 0.00169. The van der Waals surface area contributed by atoms with Crippen LogP contribution in [-0.4, -0.2) is 43.8 Å². The van der Waals surface area contributed by atoms with Crippen molar-refractivity contribution in [3.05, 3.63) is 35.4 Å². The van der Waals surface area contributed by atoms with Gasteiger partial charge in [0.2, 0.25) is 5.91 Å². The third-order valence-electron chi connectivity index (χ3n) is 2.84. The van der Waals surface area contributed by atoms with Gasteiger partial charge in [0.25, 0.3) is 0 Å². The van der Waals surface area contributed by atoms with E-state index in [-0.39, 0.29) is 11.7 Å². The molecule has 0 aliphatic rings. The van der Waals surface area contributed by atoms with E-state index in [2.05, 4.69) is 15.8 Å². The van der Waals surface area contributed by atoms with Crippen molar-refractivity contribution in [1.29, 1.82) is 0 Å². The van der Waals surface area contributed by atoms with Gasteiger partial charge >= 0.3 is 0 Å². The predicted octanol–water partition coefficient (Wildman–Crippen LogP) is 0.0234. The summed E-state index contributed by atoms with van der Waals surface area (Å²) < 4.78 is 4.85. The van der Waals surface area contributed by atoms with E-state index < -0.39 is 0 Å². The van der Waals surface area contributed by atoms with Gasteiger partial charge in [-0.2, -0.15) is 0 Å². The maximum Gasteiger partial charge on any atom is 0.221 e. The zero-order valence-corrected chi connectivity index (χ0v) is 12.1. The van der Waals surface area contributed by atoms with Gasteiger partial charge in [-0.3, -0.25) is 4.79 Å². The number of amidine groups is 1. The summed E-state index contributed by atoms with van der Waals surface area (Å²) in [5.74, 6) is 0.0871. The Labute approximate surface area is 124 Å². The van der Waals surface area contributed by atoms with Gasteiger partial charge in [-0.15, -0.1) is 0 Å². The van der Waals surface area contributed by atoms with Crippen LogP contribution < -0.4 is 16.4 Å². The van der Waals surface area contributed by atoms with Gasteiger partial charge < -0.3 is 26.3 Å². The van der Waals surface area contributed by atoms with Crippen molar-refractivity contribution in [2.75, 3.05) is 26.8 Å². The van der Waals surface area contributed by atoms with Gasteiger partial charge in [0.1, 0.15) is 0 Å². The highest BCUT2D eigenvalue weighted by Gasteiger charge is 2.01. The number of benzene rings is 1. The zero-order chi connectivity index (χ0) is 15.5. The van der Waals surface area contributed by atoms with E-state index >= 15 is 0 Å². The molecule has 0 fully saturated rings. The number of oxime groups is 1. The van der Waals surface area contributed by atoms with E-state index in [1.807, 2.05) is 12.1 Å². The number of nitrogens with one attached hydrogen (secondary N) is 2. The van der Waals surface area contributed by atoms with Crippen molar-refractivity contribution in [1.82, 2.24) is 10.6 Å². The molecule has 5 N–H and O–H groups in total. The summed E-state index contributed by atoms with van der Waals surface area (Å²) in [4.78, 5) is 11.4. The predicted molar refractivity (Wildman–Crippen MR) is 80.2 cm³/mol. The largest absolute Gasteiger partial charge is 0.409 e. The van der Waals surface area contributed by atoms with Crippen molar-refractivity contribution in [3.63, 3.8) is 0 Å². The number of methoxy groups -OCH3 is 1. The van der Waals surface area contributed by atoms with Crippen LogP contribution in [0.4, 0.5) is 0 Å². The summed E-state index contributed by atoms with van der Waals surface area (Å²) in [7, 11) is 1.60. The standard InChI is InChI=1S/C14H22N4O3/c1-21-9-8-17-13(19)6-7-16-10-11-2-4-12(5-3-11)14(15)18-20/h2-5,16,20H,6-10H2,1H3,(H2,15,18)(H,17,19). The molecule has 1 amide bonds. The Morgan fingerprint density at radius 2 is 2.05 bits per heavy atom. The Kier molecular flexibility index (Phi) is 7.85. The van der Waals surface area contributed by atoms with E-state index in [1.54, 1.807) is 19.2 Å². The summed E-state index contributed by atoms with van der Waals surface area (Å²) in [6.07, 6.45) is 0.423. The maximum absolute atomic E-state index is 11.4. The van der Waals surface area contributed by atoms with Crippen LogP contribution in [0.2, 0.25) is 0 Å². The summed E-state index contributed by atoms with van der Waals surface area (Å²) in [6, 6.07) is 7.34. The number of carbonyl (C=O) groups is 1. The van der Waals surface area contributed by atoms with Gasteiger partial charge in [-0.05, 0) is 5.56 Å². The normalized spacial score (nSPS) is 11.4. The fraction of sp³-hybridized carbons (Fsp3) is 0.429. The van der Waals surface area contributed by atoms with Crippen molar-refractivity contribution in [3.8, 4) is 0 Å². The number of carbonyl (C=O) groups excluding carboxylic acids is 1. The molecule has 116 valence electrons. The molecule has 7 heteroatoms. The fourth-order valence-corrected chi connectivity index (χ4v) is 1.67.